The molecule has 0 unspecified atom stereocenters. The molecule has 19 heavy (non-hydrogen) atoms. The molecule has 0 bridgehead atoms. The first-order chi connectivity index (χ1) is 8.97. The zero-order valence-corrected chi connectivity index (χ0v) is 11.3. The van der Waals surface area contributed by atoms with Crippen molar-refractivity contribution in [2.45, 2.75) is 39.5 Å². The fourth-order valence-corrected chi connectivity index (χ4v) is 2.42. The first-order valence-electron chi connectivity index (χ1n) is 6.50. The van der Waals surface area contributed by atoms with Gasteiger partial charge in [0.15, 0.2) is 0 Å². The molecule has 2 rings (SSSR count). The minimum atomic E-state index is -0.462. The van der Waals surface area contributed by atoms with E-state index in [9.17, 15) is 10.1 Å². The Hall–Kier alpha value is -1.92. The van der Waals surface area contributed by atoms with Crippen LogP contribution in [0.4, 0.5) is 17.5 Å². The van der Waals surface area contributed by atoms with Crippen LogP contribution >= 0.6 is 0 Å². The van der Waals surface area contributed by atoms with E-state index in [1.165, 1.54) is 12.8 Å². The molecule has 0 aliphatic heterocycles. The average Bonchev–Trinajstić information content (AvgIpc) is 3.06. The maximum atomic E-state index is 11.1. The highest BCUT2D eigenvalue weighted by Gasteiger charge is 2.41. The van der Waals surface area contributed by atoms with Crippen LogP contribution in [0, 0.1) is 22.5 Å². The van der Waals surface area contributed by atoms with E-state index in [2.05, 4.69) is 22.2 Å². The molecule has 7 nitrogen and oxygen atoms in total. The topological polar surface area (TPSA) is 107 Å². The lowest BCUT2D eigenvalue weighted by Crippen LogP contribution is -2.18. The first kappa shape index (κ1) is 13.5. The molecule has 1 aliphatic carbocycles. The molecular formula is C12H19N5O2. The van der Waals surface area contributed by atoms with Gasteiger partial charge in [0, 0.05) is 6.54 Å². The van der Waals surface area contributed by atoms with E-state index in [-0.39, 0.29) is 22.9 Å². The molecule has 1 aromatic rings. The number of hydrogen-bond donors (Lipinski definition) is 2. The third-order valence-corrected chi connectivity index (χ3v) is 3.63. The van der Waals surface area contributed by atoms with Gasteiger partial charge in [-0.3, -0.25) is 10.1 Å². The monoisotopic (exact) mass is 265 g/mol. The molecule has 3 N–H and O–H groups in total. The van der Waals surface area contributed by atoms with Crippen molar-refractivity contribution < 1.29 is 4.92 Å². The van der Waals surface area contributed by atoms with E-state index < -0.39 is 4.92 Å². The SMILES string of the molecule is CCCC1(CNc2nc(N)nc(C)c2[N+](=O)[O-])CC1. The molecule has 0 aromatic carbocycles. The lowest BCUT2D eigenvalue weighted by molar-refractivity contribution is -0.385. The molecule has 0 amide bonds. The third kappa shape index (κ3) is 2.91. The molecule has 1 heterocycles. The number of nitrogens with one attached hydrogen (secondary N) is 1. The molecular weight excluding hydrogens is 246 g/mol. The van der Waals surface area contributed by atoms with Gasteiger partial charge in [-0.25, -0.2) is 4.98 Å². The Morgan fingerprint density at radius 1 is 1.47 bits per heavy atom. The van der Waals surface area contributed by atoms with Crippen LogP contribution < -0.4 is 11.1 Å². The molecule has 0 spiro atoms. The quantitative estimate of drug-likeness (QED) is 0.603. The van der Waals surface area contributed by atoms with Gasteiger partial charge in [0.25, 0.3) is 0 Å². The summed E-state index contributed by atoms with van der Waals surface area (Å²) in [6.07, 6.45) is 4.59. The molecule has 0 radical (unpaired) electrons. The van der Waals surface area contributed by atoms with Gasteiger partial charge in [-0.15, -0.1) is 0 Å². The van der Waals surface area contributed by atoms with E-state index in [0.717, 1.165) is 12.8 Å². The molecule has 1 aromatic heterocycles. The average molecular weight is 265 g/mol. The number of rotatable bonds is 6. The highest BCUT2D eigenvalue weighted by atomic mass is 16.6. The summed E-state index contributed by atoms with van der Waals surface area (Å²) in [5.41, 5.74) is 6.06. The maximum absolute atomic E-state index is 11.1. The Morgan fingerprint density at radius 3 is 2.68 bits per heavy atom. The molecule has 0 saturated heterocycles. The van der Waals surface area contributed by atoms with Gasteiger partial charge in [-0.05, 0) is 31.6 Å². The van der Waals surface area contributed by atoms with Crippen molar-refractivity contribution in [2.75, 3.05) is 17.6 Å². The van der Waals surface area contributed by atoms with Crippen molar-refractivity contribution in [3.05, 3.63) is 15.8 Å². The van der Waals surface area contributed by atoms with Crippen LogP contribution in [0.5, 0.6) is 0 Å². The van der Waals surface area contributed by atoms with Crippen molar-refractivity contribution in [1.29, 1.82) is 0 Å². The maximum Gasteiger partial charge on any atom is 0.332 e. The Morgan fingerprint density at radius 2 is 2.16 bits per heavy atom. The van der Waals surface area contributed by atoms with Crippen LogP contribution in [0.15, 0.2) is 0 Å². The normalized spacial score (nSPS) is 16.1. The van der Waals surface area contributed by atoms with E-state index in [0.29, 0.717) is 12.2 Å². The van der Waals surface area contributed by atoms with Gasteiger partial charge < -0.3 is 11.1 Å². The van der Waals surface area contributed by atoms with Crippen molar-refractivity contribution in [3.63, 3.8) is 0 Å². The van der Waals surface area contributed by atoms with E-state index >= 15 is 0 Å². The van der Waals surface area contributed by atoms with Crippen molar-refractivity contribution in [1.82, 2.24) is 9.97 Å². The summed E-state index contributed by atoms with van der Waals surface area (Å²) < 4.78 is 0. The van der Waals surface area contributed by atoms with Crippen LogP contribution in [-0.4, -0.2) is 21.4 Å². The fourth-order valence-electron chi connectivity index (χ4n) is 2.42. The second-order valence-corrected chi connectivity index (χ2v) is 5.23. The number of nitrogens with two attached hydrogens (primary N) is 1. The summed E-state index contributed by atoms with van der Waals surface area (Å²) in [4.78, 5) is 18.4. The molecule has 104 valence electrons. The zero-order valence-electron chi connectivity index (χ0n) is 11.3. The Labute approximate surface area is 111 Å². The van der Waals surface area contributed by atoms with Gasteiger partial charge in [0.05, 0.1) is 4.92 Å². The predicted molar refractivity (Wildman–Crippen MR) is 72.9 cm³/mol. The molecule has 1 aliphatic rings. The zero-order chi connectivity index (χ0) is 14.0. The molecule has 7 heteroatoms. The van der Waals surface area contributed by atoms with Gasteiger partial charge in [-0.2, -0.15) is 4.98 Å². The summed E-state index contributed by atoms with van der Waals surface area (Å²) in [5, 5.41) is 14.2. The van der Waals surface area contributed by atoms with Gasteiger partial charge in [0.2, 0.25) is 11.8 Å². The van der Waals surface area contributed by atoms with Gasteiger partial charge in [0.1, 0.15) is 5.69 Å². The standard InChI is InChI=1S/C12H19N5O2/c1-3-4-12(5-6-12)7-14-10-9(17(18)19)8(2)15-11(13)16-10/h3-7H2,1-2H3,(H3,13,14,15,16). The molecule has 1 fully saturated rings. The van der Waals surface area contributed by atoms with Crippen LogP contribution in [-0.2, 0) is 0 Å². The molecule has 0 atom stereocenters. The highest BCUT2D eigenvalue weighted by molar-refractivity contribution is 5.60. The third-order valence-electron chi connectivity index (χ3n) is 3.63. The number of anilines is 2. The minimum Gasteiger partial charge on any atom is -0.368 e. The Bertz CT molecular complexity index is 499. The fraction of sp³-hybridized carbons (Fsp3) is 0.667. The summed E-state index contributed by atoms with van der Waals surface area (Å²) in [7, 11) is 0. The summed E-state index contributed by atoms with van der Waals surface area (Å²) in [6, 6.07) is 0. The smallest absolute Gasteiger partial charge is 0.332 e. The molecule has 1 saturated carbocycles. The van der Waals surface area contributed by atoms with Crippen LogP contribution in [0.2, 0.25) is 0 Å². The summed E-state index contributed by atoms with van der Waals surface area (Å²) >= 11 is 0. The number of hydrogen-bond acceptors (Lipinski definition) is 6. The van der Waals surface area contributed by atoms with E-state index in [1.54, 1.807) is 6.92 Å². The van der Waals surface area contributed by atoms with Crippen LogP contribution in [0.25, 0.3) is 0 Å². The van der Waals surface area contributed by atoms with Crippen LogP contribution in [0.3, 0.4) is 0 Å². The number of nitro groups is 1. The summed E-state index contributed by atoms with van der Waals surface area (Å²) in [5.74, 6) is 0.295. The summed E-state index contributed by atoms with van der Waals surface area (Å²) in [6.45, 7) is 4.42. The van der Waals surface area contributed by atoms with Gasteiger partial charge in [-0.1, -0.05) is 13.3 Å². The lowest BCUT2D eigenvalue weighted by Gasteiger charge is -2.15. The number of aromatic nitrogens is 2. The van der Waals surface area contributed by atoms with Crippen molar-refractivity contribution in [2.24, 2.45) is 5.41 Å². The second-order valence-electron chi connectivity index (χ2n) is 5.23. The van der Waals surface area contributed by atoms with Gasteiger partial charge >= 0.3 is 5.69 Å². The van der Waals surface area contributed by atoms with E-state index in [1.807, 2.05) is 0 Å². The van der Waals surface area contributed by atoms with E-state index in [4.69, 9.17) is 5.73 Å². The lowest BCUT2D eigenvalue weighted by atomic mass is 10.0. The Balaban J connectivity index is 2.17. The number of aryl methyl sites for hydroxylation is 1. The highest BCUT2D eigenvalue weighted by Crippen LogP contribution is 2.49. The minimum absolute atomic E-state index is 0.0611. The predicted octanol–water partition coefficient (Wildman–Crippen LogP) is 2.27. The number of nitrogen functional groups attached to an aromatic ring is 1. The van der Waals surface area contributed by atoms with Crippen LogP contribution in [0.1, 0.15) is 38.3 Å². The number of nitrogens with zero attached hydrogens (tertiary/aromatic N) is 3. The second kappa shape index (κ2) is 4.99. The van der Waals surface area contributed by atoms with Crippen molar-refractivity contribution in [3.8, 4) is 0 Å². The largest absolute Gasteiger partial charge is 0.368 e. The van der Waals surface area contributed by atoms with Crippen molar-refractivity contribution >= 4 is 17.5 Å². The Kier molecular flexibility index (Phi) is 3.55. The first-order valence-corrected chi connectivity index (χ1v) is 6.50.